The van der Waals surface area contributed by atoms with E-state index in [4.69, 9.17) is 4.74 Å². The molecule has 0 unspecified atom stereocenters. The Kier molecular flexibility index (Phi) is 3.19. The molecule has 0 aliphatic heterocycles. The molecule has 0 N–H and O–H groups in total. The highest BCUT2D eigenvalue weighted by molar-refractivity contribution is 7.93. The molecule has 0 amide bonds. The van der Waals surface area contributed by atoms with Gasteiger partial charge in [-0.25, -0.2) is 8.42 Å². The number of rotatable bonds is 4. The minimum Gasteiger partial charge on any atom is -0.495 e. The number of Topliss-reactive ketones (excluding diaryl/α,β-unsaturated/α-hetero) is 1. The highest BCUT2D eigenvalue weighted by Crippen LogP contribution is 2.45. The number of hydrogen-bond acceptors (Lipinski definition) is 4. The molecule has 1 aliphatic carbocycles. The molecule has 2 rings (SSSR count). The molecule has 0 radical (unpaired) electrons. The van der Waals surface area contributed by atoms with Crippen molar-refractivity contribution in [1.82, 2.24) is 0 Å². The Morgan fingerprint density at radius 2 is 1.89 bits per heavy atom. The average molecular weight is 268 g/mol. The normalized spacial score (nSPS) is 17.9. The summed E-state index contributed by atoms with van der Waals surface area (Å²) < 4.78 is 29.2. The SMILES string of the molecule is COc1ccccc1S(=O)(=O)C1(C(C)=O)CCC1. The zero-order valence-corrected chi connectivity index (χ0v) is 11.3. The monoisotopic (exact) mass is 268 g/mol. The van der Waals surface area contributed by atoms with Crippen molar-refractivity contribution >= 4 is 15.6 Å². The zero-order valence-electron chi connectivity index (χ0n) is 10.5. The summed E-state index contributed by atoms with van der Waals surface area (Å²) in [4.78, 5) is 11.9. The maximum absolute atomic E-state index is 12.7. The summed E-state index contributed by atoms with van der Waals surface area (Å²) in [5.41, 5.74) is 0. The van der Waals surface area contributed by atoms with Gasteiger partial charge in [-0.1, -0.05) is 12.1 Å². The Labute approximate surface area is 107 Å². The van der Waals surface area contributed by atoms with Crippen molar-refractivity contribution in [2.75, 3.05) is 7.11 Å². The minimum atomic E-state index is -3.68. The molecular formula is C13H16O4S. The van der Waals surface area contributed by atoms with Gasteiger partial charge in [-0.2, -0.15) is 0 Å². The Bertz CT molecular complexity index is 570. The lowest BCUT2D eigenvalue weighted by atomic mass is 9.81. The Morgan fingerprint density at radius 3 is 2.33 bits per heavy atom. The molecule has 1 saturated carbocycles. The van der Waals surface area contributed by atoms with Crippen molar-refractivity contribution in [3.05, 3.63) is 24.3 Å². The van der Waals surface area contributed by atoms with Gasteiger partial charge in [0, 0.05) is 0 Å². The molecule has 0 aromatic heterocycles. The lowest BCUT2D eigenvalue weighted by Crippen LogP contribution is -2.51. The van der Waals surface area contributed by atoms with E-state index in [9.17, 15) is 13.2 Å². The topological polar surface area (TPSA) is 60.4 Å². The molecule has 18 heavy (non-hydrogen) atoms. The van der Waals surface area contributed by atoms with Crippen LogP contribution in [0.25, 0.3) is 0 Å². The van der Waals surface area contributed by atoms with Gasteiger partial charge < -0.3 is 4.74 Å². The molecule has 0 saturated heterocycles. The van der Waals surface area contributed by atoms with Gasteiger partial charge in [0.2, 0.25) is 0 Å². The van der Waals surface area contributed by atoms with Crippen molar-refractivity contribution in [2.45, 2.75) is 35.8 Å². The number of carbonyl (C=O) groups excluding carboxylic acids is 1. The van der Waals surface area contributed by atoms with Crippen LogP contribution in [0.5, 0.6) is 5.75 Å². The van der Waals surface area contributed by atoms with E-state index in [2.05, 4.69) is 0 Å². The second kappa shape index (κ2) is 4.39. The third-order valence-corrected chi connectivity index (χ3v) is 6.32. The van der Waals surface area contributed by atoms with Crippen molar-refractivity contribution in [1.29, 1.82) is 0 Å². The van der Waals surface area contributed by atoms with Gasteiger partial charge >= 0.3 is 0 Å². The summed E-state index contributed by atoms with van der Waals surface area (Å²) in [5.74, 6) is 0.0182. The van der Waals surface area contributed by atoms with Crippen LogP contribution in [0, 0.1) is 0 Å². The van der Waals surface area contributed by atoms with Crippen LogP contribution in [0.4, 0.5) is 0 Å². The summed E-state index contributed by atoms with van der Waals surface area (Å²) in [5, 5.41) is 0. The molecule has 98 valence electrons. The Balaban J connectivity index is 2.58. The van der Waals surface area contributed by atoms with Crippen molar-refractivity contribution in [2.24, 2.45) is 0 Å². The predicted molar refractivity (Wildman–Crippen MR) is 67.4 cm³/mol. The van der Waals surface area contributed by atoms with Gasteiger partial charge in [0.25, 0.3) is 0 Å². The smallest absolute Gasteiger partial charge is 0.194 e. The summed E-state index contributed by atoms with van der Waals surface area (Å²) in [6.45, 7) is 1.35. The predicted octanol–water partition coefficient (Wildman–Crippen LogP) is 1.98. The highest BCUT2D eigenvalue weighted by Gasteiger charge is 2.54. The van der Waals surface area contributed by atoms with E-state index in [1.54, 1.807) is 18.2 Å². The number of benzene rings is 1. The molecule has 5 heteroatoms. The van der Waals surface area contributed by atoms with Crippen LogP contribution >= 0.6 is 0 Å². The fourth-order valence-corrected chi connectivity index (χ4v) is 4.66. The fraction of sp³-hybridized carbons (Fsp3) is 0.462. The number of sulfone groups is 1. The van der Waals surface area contributed by atoms with Crippen LogP contribution in [0.15, 0.2) is 29.2 Å². The molecule has 1 aliphatic rings. The number of methoxy groups -OCH3 is 1. The number of para-hydroxylation sites is 1. The maximum Gasteiger partial charge on any atom is 0.194 e. The van der Waals surface area contributed by atoms with E-state index in [1.165, 1.54) is 20.1 Å². The number of ether oxygens (including phenoxy) is 1. The molecule has 1 aromatic rings. The number of ketones is 1. The van der Waals surface area contributed by atoms with Crippen molar-refractivity contribution in [3.63, 3.8) is 0 Å². The number of carbonyl (C=O) groups is 1. The lowest BCUT2D eigenvalue weighted by molar-refractivity contribution is -0.121. The van der Waals surface area contributed by atoms with Crippen LogP contribution in [-0.4, -0.2) is 26.1 Å². The van der Waals surface area contributed by atoms with E-state index in [0.717, 1.165) is 6.42 Å². The van der Waals surface area contributed by atoms with Gasteiger partial charge in [-0.3, -0.25) is 4.79 Å². The van der Waals surface area contributed by atoms with Gasteiger partial charge in [0.05, 0.1) is 7.11 Å². The molecule has 0 heterocycles. The first kappa shape index (κ1) is 13.1. The van der Waals surface area contributed by atoms with E-state index in [-0.39, 0.29) is 10.7 Å². The standard InChI is InChI=1S/C13H16O4S/c1-10(14)13(8-5-9-13)18(15,16)12-7-4-3-6-11(12)17-2/h3-4,6-7H,5,8-9H2,1-2H3. The second-order valence-corrected chi connectivity index (χ2v) is 6.79. The van der Waals surface area contributed by atoms with E-state index >= 15 is 0 Å². The molecule has 0 bridgehead atoms. The van der Waals surface area contributed by atoms with Crippen LogP contribution < -0.4 is 4.74 Å². The second-order valence-electron chi connectivity index (χ2n) is 4.56. The van der Waals surface area contributed by atoms with Gasteiger partial charge in [0.15, 0.2) is 15.6 Å². The van der Waals surface area contributed by atoms with Crippen LogP contribution in [0.3, 0.4) is 0 Å². The average Bonchev–Trinajstić information content (AvgIpc) is 2.26. The number of hydrogen-bond donors (Lipinski definition) is 0. The summed E-state index contributed by atoms with van der Waals surface area (Å²) in [7, 11) is -2.25. The summed E-state index contributed by atoms with van der Waals surface area (Å²) in [6, 6.07) is 6.44. The first-order valence-corrected chi connectivity index (χ1v) is 7.33. The van der Waals surface area contributed by atoms with Crippen molar-refractivity contribution < 1.29 is 17.9 Å². The highest BCUT2D eigenvalue weighted by atomic mass is 32.2. The van der Waals surface area contributed by atoms with E-state index in [1.807, 2.05) is 0 Å². The molecule has 4 nitrogen and oxygen atoms in total. The molecular weight excluding hydrogens is 252 g/mol. The van der Waals surface area contributed by atoms with Crippen LogP contribution in [0.1, 0.15) is 26.2 Å². The largest absolute Gasteiger partial charge is 0.495 e. The third kappa shape index (κ3) is 1.65. The van der Waals surface area contributed by atoms with Gasteiger partial charge in [-0.05, 0) is 38.3 Å². The van der Waals surface area contributed by atoms with Crippen LogP contribution in [-0.2, 0) is 14.6 Å². The molecule has 0 atom stereocenters. The molecule has 1 aromatic carbocycles. The summed E-state index contributed by atoms with van der Waals surface area (Å²) in [6.07, 6.45) is 1.58. The lowest BCUT2D eigenvalue weighted by Gasteiger charge is -2.38. The molecule has 1 fully saturated rings. The minimum absolute atomic E-state index is 0.113. The Morgan fingerprint density at radius 1 is 1.28 bits per heavy atom. The van der Waals surface area contributed by atoms with Gasteiger partial charge in [-0.15, -0.1) is 0 Å². The van der Waals surface area contributed by atoms with E-state index < -0.39 is 14.6 Å². The fourth-order valence-electron chi connectivity index (χ4n) is 2.36. The zero-order chi connectivity index (χ0) is 13.4. The Hall–Kier alpha value is -1.36. The first-order valence-electron chi connectivity index (χ1n) is 5.84. The van der Waals surface area contributed by atoms with Crippen molar-refractivity contribution in [3.8, 4) is 5.75 Å². The first-order chi connectivity index (χ1) is 8.45. The van der Waals surface area contributed by atoms with Crippen LogP contribution in [0.2, 0.25) is 0 Å². The van der Waals surface area contributed by atoms with Gasteiger partial charge in [0.1, 0.15) is 15.4 Å². The van der Waals surface area contributed by atoms with E-state index in [0.29, 0.717) is 18.6 Å². The third-order valence-electron chi connectivity index (χ3n) is 3.68. The quantitative estimate of drug-likeness (QED) is 0.837. The molecule has 0 spiro atoms. The maximum atomic E-state index is 12.7. The summed E-state index contributed by atoms with van der Waals surface area (Å²) >= 11 is 0.